The fraction of sp³-hybridized carbons (Fsp3) is 0.760. The minimum absolute atomic E-state index is 0.0623. The van der Waals surface area contributed by atoms with Gasteiger partial charge in [0.2, 0.25) is 12.1 Å². The standard InChI is InChI=1S/C50H78N2O8S/c1-3-5-6-7-8-9-10-11-12-18-29-51-49(55)58-38-27-28-44-42(35-38)47-40(25-16-20-31-54)37(22-15-19-30-53)34-41-43(52-60-46-26-17-21-33-56-46)36-45(61-39-23-13-14-24-39)50(59-44,48(41)47)57-32-4-2/h4,27-28,34-35,37,39-40,45-48,53-54H,2-3,5-26,29-33,36H2,1H3,(H,51,55). The molecule has 1 aromatic carbocycles. The van der Waals surface area contributed by atoms with Gasteiger partial charge in [0.15, 0.2) is 0 Å². The predicted molar refractivity (Wildman–Crippen MR) is 245 cm³/mol. The molecule has 0 bridgehead atoms. The molecule has 2 aliphatic heterocycles. The number of nitrogens with zero attached hydrogens (tertiary/aromatic N) is 1. The predicted octanol–water partition coefficient (Wildman–Crippen LogP) is 11.5. The van der Waals surface area contributed by atoms with Crippen molar-refractivity contribution in [3.63, 3.8) is 0 Å². The Morgan fingerprint density at radius 2 is 1.66 bits per heavy atom. The molecule has 342 valence electrons. The van der Waals surface area contributed by atoms with Crippen molar-refractivity contribution in [3.05, 3.63) is 48.1 Å². The number of oxime groups is 1. The van der Waals surface area contributed by atoms with E-state index < -0.39 is 11.9 Å². The zero-order valence-electron chi connectivity index (χ0n) is 37.3. The first-order valence-corrected chi connectivity index (χ1v) is 25.4. The van der Waals surface area contributed by atoms with E-state index in [0.717, 1.165) is 93.2 Å². The van der Waals surface area contributed by atoms with Crippen molar-refractivity contribution in [2.75, 3.05) is 33.0 Å². The summed E-state index contributed by atoms with van der Waals surface area (Å²) in [6, 6.07) is 5.86. The maximum Gasteiger partial charge on any atom is 0.412 e. The number of nitrogens with one attached hydrogen (secondary N) is 1. The average Bonchev–Trinajstić information content (AvgIpc) is 3.79. The van der Waals surface area contributed by atoms with Crippen LogP contribution in [-0.2, 0) is 14.3 Å². The van der Waals surface area contributed by atoms with Crippen molar-refractivity contribution >= 4 is 23.6 Å². The topological polar surface area (TPSA) is 128 Å². The Morgan fingerprint density at radius 3 is 2.36 bits per heavy atom. The quantitative estimate of drug-likeness (QED) is 0.0450. The lowest BCUT2D eigenvalue weighted by atomic mass is 9.56. The van der Waals surface area contributed by atoms with Crippen molar-refractivity contribution in [2.45, 2.75) is 190 Å². The molecule has 3 N–H and O–H groups in total. The number of allylic oxidation sites excluding steroid dienone is 1. The van der Waals surface area contributed by atoms with Crippen molar-refractivity contribution < 1.29 is 38.8 Å². The first-order valence-electron chi connectivity index (χ1n) is 24.5. The molecule has 11 heteroatoms. The van der Waals surface area contributed by atoms with Gasteiger partial charge in [-0.25, -0.2) is 4.79 Å². The van der Waals surface area contributed by atoms with Gasteiger partial charge < -0.3 is 39.3 Å². The molecule has 3 fully saturated rings. The highest BCUT2D eigenvalue weighted by Crippen LogP contribution is 2.63. The minimum Gasteiger partial charge on any atom is -0.460 e. The Labute approximate surface area is 371 Å². The molecule has 7 unspecified atom stereocenters. The summed E-state index contributed by atoms with van der Waals surface area (Å²) >= 11 is 1.99. The number of aliphatic hydroxyl groups excluding tert-OH is 2. The molecule has 5 aliphatic rings. The van der Waals surface area contributed by atoms with E-state index in [1.54, 1.807) is 0 Å². The Bertz CT molecular complexity index is 1540. The summed E-state index contributed by atoms with van der Waals surface area (Å²) in [4.78, 5) is 19.5. The molecule has 0 radical (unpaired) electrons. The van der Waals surface area contributed by atoms with Gasteiger partial charge in [-0.1, -0.05) is 108 Å². The number of hydrogen-bond acceptors (Lipinski definition) is 10. The number of thioether (sulfide) groups is 1. The van der Waals surface area contributed by atoms with Gasteiger partial charge in [-0.3, -0.25) is 0 Å². The van der Waals surface area contributed by atoms with E-state index in [4.69, 9.17) is 28.9 Å². The van der Waals surface area contributed by atoms with E-state index in [1.165, 1.54) is 77.0 Å². The number of hydrogen-bond donors (Lipinski definition) is 3. The van der Waals surface area contributed by atoms with Gasteiger partial charge in [-0.05, 0) is 93.4 Å². The molecule has 1 amide bonds. The molecule has 3 aliphatic carbocycles. The van der Waals surface area contributed by atoms with Crippen LogP contribution in [0.5, 0.6) is 11.5 Å². The van der Waals surface area contributed by atoms with Gasteiger partial charge in [-0.15, -0.1) is 18.3 Å². The van der Waals surface area contributed by atoms with Crippen molar-refractivity contribution in [1.82, 2.24) is 5.32 Å². The van der Waals surface area contributed by atoms with Crippen molar-refractivity contribution in [1.29, 1.82) is 0 Å². The summed E-state index contributed by atoms with van der Waals surface area (Å²) < 4.78 is 26.5. The summed E-state index contributed by atoms with van der Waals surface area (Å²) in [5.74, 6) is 0.301. The third-order valence-electron chi connectivity index (χ3n) is 13.7. The summed E-state index contributed by atoms with van der Waals surface area (Å²) in [5, 5.41) is 28.2. The van der Waals surface area contributed by atoms with E-state index >= 15 is 0 Å². The first-order chi connectivity index (χ1) is 30.0. The van der Waals surface area contributed by atoms with Gasteiger partial charge in [0.05, 0.1) is 30.1 Å². The molecule has 2 saturated carbocycles. The van der Waals surface area contributed by atoms with Crippen LogP contribution in [0.25, 0.3) is 0 Å². The van der Waals surface area contributed by atoms with Crippen LogP contribution in [0.1, 0.15) is 173 Å². The lowest BCUT2D eigenvalue weighted by Gasteiger charge is -2.58. The fourth-order valence-corrected chi connectivity index (χ4v) is 12.4. The summed E-state index contributed by atoms with van der Waals surface area (Å²) in [6.45, 7) is 8.23. The number of rotatable bonds is 27. The molecule has 0 aromatic heterocycles. The number of carbonyl (C=O) groups excluding carboxylic acids is 1. The Hall–Kier alpha value is -2.57. The highest BCUT2D eigenvalue weighted by molar-refractivity contribution is 8.00. The van der Waals surface area contributed by atoms with Gasteiger partial charge in [0.1, 0.15) is 11.5 Å². The molecular weight excluding hydrogens is 789 g/mol. The molecule has 61 heavy (non-hydrogen) atoms. The van der Waals surface area contributed by atoms with Crippen molar-refractivity contribution in [3.8, 4) is 11.5 Å². The molecular formula is C50H78N2O8S. The second-order valence-electron chi connectivity index (χ2n) is 18.2. The van der Waals surface area contributed by atoms with Gasteiger partial charge in [-0.2, -0.15) is 0 Å². The molecule has 10 nitrogen and oxygen atoms in total. The van der Waals surface area contributed by atoms with Crippen LogP contribution >= 0.6 is 11.8 Å². The van der Waals surface area contributed by atoms with Crippen LogP contribution in [0.15, 0.2) is 47.7 Å². The van der Waals surface area contributed by atoms with E-state index in [2.05, 4.69) is 24.9 Å². The Balaban J connectivity index is 1.30. The van der Waals surface area contributed by atoms with Crippen LogP contribution in [0.3, 0.4) is 0 Å². The minimum atomic E-state index is -1.01. The number of amides is 1. The van der Waals surface area contributed by atoms with E-state index in [-0.39, 0.29) is 48.4 Å². The summed E-state index contributed by atoms with van der Waals surface area (Å²) in [6.07, 6.45) is 29.2. The number of aliphatic hydroxyl groups is 2. The average molecular weight is 867 g/mol. The fourth-order valence-electron chi connectivity index (χ4n) is 10.6. The van der Waals surface area contributed by atoms with Crippen LogP contribution in [0.4, 0.5) is 4.79 Å². The van der Waals surface area contributed by atoms with Crippen LogP contribution in [0.2, 0.25) is 0 Å². The summed E-state index contributed by atoms with van der Waals surface area (Å²) in [5.41, 5.74) is 3.05. The van der Waals surface area contributed by atoms with Gasteiger partial charge >= 0.3 is 6.09 Å². The largest absolute Gasteiger partial charge is 0.460 e. The number of ether oxygens (including phenoxy) is 4. The van der Waals surface area contributed by atoms with E-state index in [1.807, 2.05) is 36.0 Å². The van der Waals surface area contributed by atoms with Crippen LogP contribution < -0.4 is 14.8 Å². The van der Waals surface area contributed by atoms with Crippen LogP contribution in [0, 0.1) is 17.8 Å². The molecule has 7 atom stereocenters. The normalized spacial score (nSPS) is 27.8. The molecule has 0 spiro atoms. The maximum atomic E-state index is 13.3. The zero-order valence-corrected chi connectivity index (χ0v) is 38.2. The third-order valence-corrected chi connectivity index (χ3v) is 15.4. The van der Waals surface area contributed by atoms with E-state index in [9.17, 15) is 15.0 Å². The molecule has 2 heterocycles. The molecule has 1 aromatic rings. The Kier molecular flexibility index (Phi) is 20.1. The second-order valence-corrected chi connectivity index (χ2v) is 19.7. The maximum absolute atomic E-state index is 13.3. The van der Waals surface area contributed by atoms with Crippen LogP contribution in [-0.4, -0.2) is 77.6 Å². The first kappa shape index (κ1) is 47.9. The zero-order chi connectivity index (χ0) is 42.7. The highest BCUT2D eigenvalue weighted by atomic mass is 32.2. The molecule has 6 rings (SSSR count). The third kappa shape index (κ3) is 13.2. The lowest BCUT2D eigenvalue weighted by molar-refractivity contribution is -0.223. The number of fused-ring (bicyclic) bond motifs is 2. The number of carbonyl (C=O) groups is 1. The van der Waals surface area contributed by atoms with Crippen molar-refractivity contribution in [2.24, 2.45) is 22.9 Å². The van der Waals surface area contributed by atoms with E-state index in [0.29, 0.717) is 37.2 Å². The number of unbranched alkanes of at least 4 members (excludes halogenated alkanes) is 11. The SMILES string of the molecule is C=CCOC12Oc3ccc(OC(=O)NCCCCCCCCCCCC)cc3C3C(CCCCO)C(CCCCO)C=C(C(=NOC4CCCCO4)CC1SC1CCCC1)C32. The van der Waals surface area contributed by atoms with Gasteiger partial charge in [0.25, 0.3) is 0 Å². The monoisotopic (exact) mass is 867 g/mol. The second kappa shape index (κ2) is 25.7. The lowest BCUT2D eigenvalue weighted by Crippen LogP contribution is -2.64. The smallest absolute Gasteiger partial charge is 0.412 e. The van der Waals surface area contributed by atoms with Gasteiger partial charge in [0, 0.05) is 49.3 Å². The molecule has 1 saturated heterocycles. The highest BCUT2D eigenvalue weighted by Gasteiger charge is 2.64. The number of benzene rings is 1. The summed E-state index contributed by atoms with van der Waals surface area (Å²) in [7, 11) is 0. The Morgan fingerprint density at radius 1 is 0.934 bits per heavy atom.